The molecule has 1 rings (SSSR count). The van der Waals surface area contributed by atoms with Gasteiger partial charge in [-0.1, -0.05) is 17.0 Å². The fraction of sp³-hybridized carbons (Fsp3) is 0.111. The maximum absolute atomic E-state index is 10.6. The summed E-state index contributed by atoms with van der Waals surface area (Å²) in [6.45, 7) is 0.0388. The van der Waals surface area contributed by atoms with E-state index < -0.39 is 5.97 Å². The largest absolute Gasteiger partial charge is 0.476 e. The van der Waals surface area contributed by atoms with Gasteiger partial charge in [0.25, 0.3) is 0 Å². The van der Waals surface area contributed by atoms with Crippen LogP contribution in [0.3, 0.4) is 0 Å². The smallest absolute Gasteiger partial charge is 0.356 e. The second-order valence-electron chi connectivity index (χ2n) is 2.66. The minimum Gasteiger partial charge on any atom is -0.476 e. The molecule has 1 heterocycles. The van der Waals surface area contributed by atoms with Crippen LogP contribution in [0.1, 0.15) is 16.1 Å². The molecule has 1 aromatic heterocycles. The molecule has 0 amide bonds. The summed E-state index contributed by atoms with van der Waals surface area (Å²) in [5.41, 5.74) is 13.8. The van der Waals surface area contributed by atoms with E-state index in [1.807, 2.05) is 0 Å². The van der Waals surface area contributed by atoms with Gasteiger partial charge in [0.05, 0.1) is 12.2 Å². The number of hydrogen-bond donors (Lipinski definition) is 2. The molecule has 0 unspecified atom stereocenters. The fourth-order valence-electron chi connectivity index (χ4n) is 0.937. The van der Waals surface area contributed by atoms with Gasteiger partial charge < -0.3 is 10.8 Å². The van der Waals surface area contributed by atoms with Crippen LogP contribution in [-0.2, 0) is 0 Å². The SMILES string of the molecule is [N-]=[N+]=NCC#Cc1cnc(C(=O)O)c(N)c1. The highest BCUT2D eigenvalue weighted by Gasteiger charge is 2.08. The van der Waals surface area contributed by atoms with Gasteiger partial charge in [-0.3, -0.25) is 0 Å². The summed E-state index contributed by atoms with van der Waals surface area (Å²) < 4.78 is 0. The zero-order chi connectivity index (χ0) is 12.0. The van der Waals surface area contributed by atoms with Crippen molar-refractivity contribution < 1.29 is 9.90 Å². The quantitative estimate of drug-likeness (QED) is 0.332. The second-order valence-corrected chi connectivity index (χ2v) is 2.66. The zero-order valence-electron chi connectivity index (χ0n) is 8.08. The molecule has 7 nitrogen and oxygen atoms in total. The molecule has 80 valence electrons. The molecule has 3 N–H and O–H groups in total. The number of pyridine rings is 1. The maximum Gasteiger partial charge on any atom is 0.356 e. The molecule has 0 aromatic carbocycles. The van der Waals surface area contributed by atoms with E-state index in [9.17, 15) is 4.79 Å². The number of hydrogen-bond acceptors (Lipinski definition) is 4. The lowest BCUT2D eigenvalue weighted by molar-refractivity contribution is 0.0692. The van der Waals surface area contributed by atoms with Crippen LogP contribution in [0.25, 0.3) is 10.4 Å². The number of carbonyl (C=O) groups is 1. The Labute approximate surface area is 90.5 Å². The first kappa shape index (κ1) is 11.4. The molecule has 0 aliphatic heterocycles. The summed E-state index contributed by atoms with van der Waals surface area (Å²) in [5, 5.41) is 11.9. The lowest BCUT2D eigenvalue weighted by Crippen LogP contribution is -2.05. The molecule has 0 aliphatic carbocycles. The summed E-state index contributed by atoms with van der Waals surface area (Å²) in [7, 11) is 0. The molecule has 0 fully saturated rings. The Morgan fingerprint density at radius 3 is 3.06 bits per heavy atom. The number of nitrogens with zero attached hydrogens (tertiary/aromatic N) is 4. The summed E-state index contributed by atoms with van der Waals surface area (Å²) in [6, 6.07) is 1.40. The second kappa shape index (κ2) is 5.24. The van der Waals surface area contributed by atoms with Gasteiger partial charge in [-0.05, 0) is 11.6 Å². The third-order valence-electron chi connectivity index (χ3n) is 1.57. The molecule has 0 atom stereocenters. The number of carboxylic acid groups (broad SMARTS) is 1. The number of nitrogen functional groups attached to an aromatic ring is 1. The van der Waals surface area contributed by atoms with Crippen molar-refractivity contribution in [2.45, 2.75) is 0 Å². The number of aromatic nitrogens is 1. The van der Waals surface area contributed by atoms with Crippen LogP contribution in [0, 0.1) is 11.8 Å². The Hall–Kier alpha value is -2.71. The topological polar surface area (TPSA) is 125 Å². The summed E-state index contributed by atoms with van der Waals surface area (Å²) in [4.78, 5) is 16.8. The lowest BCUT2D eigenvalue weighted by atomic mass is 10.2. The normalized spacial score (nSPS) is 8.50. The van der Waals surface area contributed by atoms with Gasteiger partial charge in [-0.2, -0.15) is 0 Å². The van der Waals surface area contributed by atoms with E-state index in [0.717, 1.165) is 0 Å². The third kappa shape index (κ3) is 2.90. The first-order valence-corrected chi connectivity index (χ1v) is 4.13. The maximum atomic E-state index is 10.6. The number of azide groups is 1. The molecule has 0 aliphatic rings. The number of rotatable bonds is 2. The van der Waals surface area contributed by atoms with E-state index in [-0.39, 0.29) is 17.9 Å². The van der Waals surface area contributed by atoms with Gasteiger partial charge in [0.2, 0.25) is 0 Å². The fourth-order valence-corrected chi connectivity index (χ4v) is 0.937. The Morgan fingerprint density at radius 1 is 1.75 bits per heavy atom. The highest BCUT2D eigenvalue weighted by Crippen LogP contribution is 2.09. The zero-order valence-corrected chi connectivity index (χ0v) is 8.08. The van der Waals surface area contributed by atoms with Crippen LogP contribution in [0.4, 0.5) is 5.69 Å². The molecule has 7 heteroatoms. The minimum atomic E-state index is -1.19. The van der Waals surface area contributed by atoms with Crippen molar-refractivity contribution in [3.63, 3.8) is 0 Å². The van der Waals surface area contributed by atoms with Gasteiger partial charge in [0, 0.05) is 16.7 Å². The van der Waals surface area contributed by atoms with E-state index in [1.165, 1.54) is 12.3 Å². The summed E-state index contributed by atoms with van der Waals surface area (Å²) in [6.07, 6.45) is 1.29. The highest BCUT2D eigenvalue weighted by atomic mass is 16.4. The number of carboxylic acids is 1. The molecule has 0 bridgehead atoms. The molecular weight excluding hydrogens is 210 g/mol. The van der Waals surface area contributed by atoms with Crippen LogP contribution >= 0.6 is 0 Å². The lowest BCUT2D eigenvalue weighted by Gasteiger charge is -1.98. The van der Waals surface area contributed by atoms with Crippen LogP contribution in [0.2, 0.25) is 0 Å². The monoisotopic (exact) mass is 217 g/mol. The third-order valence-corrected chi connectivity index (χ3v) is 1.57. The van der Waals surface area contributed by atoms with E-state index >= 15 is 0 Å². The van der Waals surface area contributed by atoms with Crippen molar-refractivity contribution >= 4 is 11.7 Å². The van der Waals surface area contributed by atoms with Gasteiger partial charge in [0.15, 0.2) is 5.69 Å². The Morgan fingerprint density at radius 2 is 2.50 bits per heavy atom. The summed E-state index contributed by atoms with van der Waals surface area (Å²) in [5.74, 6) is 4.01. The van der Waals surface area contributed by atoms with E-state index in [4.69, 9.17) is 16.4 Å². The van der Waals surface area contributed by atoms with Crippen molar-refractivity contribution in [3.8, 4) is 11.8 Å². The predicted molar refractivity (Wildman–Crippen MR) is 56.5 cm³/mol. The summed E-state index contributed by atoms with van der Waals surface area (Å²) >= 11 is 0. The Balaban J connectivity index is 2.92. The average Bonchev–Trinajstić information content (AvgIpc) is 2.24. The number of nitrogens with two attached hydrogens (primary N) is 1. The minimum absolute atomic E-state index is 0.0388. The first-order chi connectivity index (χ1) is 7.65. The number of aromatic carboxylic acids is 1. The molecule has 0 radical (unpaired) electrons. The van der Waals surface area contributed by atoms with Crippen LogP contribution in [0.15, 0.2) is 17.4 Å². The van der Waals surface area contributed by atoms with Crippen molar-refractivity contribution in [3.05, 3.63) is 34.0 Å². The van der Waals surface area contributed by atoms with Crippen molar-refractivity contribution in [1.29, 1.82) is 0 Å². The van der Waals surface area contributed by atoms with Crippen LogP contribution in [-0.4, -0.2) is 22.6 Å². The van der Waals surface area contributed by atoms with Crippen LogP contribution < -0.4 is 5.73 Å². The Bertz CT molecular complexity index is 522. The van der Waals surface area contributed by atoms with E-state index in [0.29, 0.717) is 5.56 Å². The van der Waals surface area contributed by atoms with Gasteiger partial charge in [-0.15, -0.1) is 0 Å². The van der Waals surface area contributed by atoms with Crippen molar-refractivity contribution in [1.82, 2.24) is 4.98 Å². The van der Waals surface area contributed by atoms with Gasteiger partial charge >= 0.3 is 5.97 Å². The predicted octanol–water partition coefficient (Wildman–Crippen LogP) is 1.02. The number of anilines is 1. The molecule has 16 heavy (non-hydrogen) atoms. The van der Waals surface area contributed by atoms with Crippen molar-refractivity contribution in [2.75, 3.05) is 12.3 Å². The Kier molecular flexibility index (Phi) is 3.72. The molecule has 0 spiro atoms. The van der Waals surface area contributed by atoms with Crippen LogP contribution in [0.5, 0.6) is 0 Å². The molecule has 1 aromatic rings. The molecule has 0 saturated heterocycles. The molecular formula is C9H7N5O2. The van der Waals surface area contributed by atoms with E-state index in [1.54, 1.807) is 0 Å². The van der Waals surface area contributed by atoms with Gasteiger partial charge in [-0.25, -0.2) is 9.78 Å². The average molecular weight is 217 g/mol. The first-order valence-electron chi connectivity index (χ1n) is 4.13. The standard InChI is InChI=1S/C9H7N5O2/c10-7-4-6(2-1-3-13-14-11)5-12-8(7)9(15)16/h4-5H,3,10H2,(H,15,16). The van der Waals surface area contributed by atoms with E-state index in [2.05, 4.69) is 26.9 Å². The molecule has 0 saturated carbocycles. The van der Waals surface area contributed by atoms with Gasteiger partial charge in [0.1, 0.15) is 0 Å². The van der Waals surface area contributed by atoms with Crippen molar-refractivity contribution in [2.24, 2.45) is 5.11 Å². The highest BCUT2D eigenvalue weighted by molar-refractivity contribution is 5.91.